The molecule has 22 heavy (non-hydrogen) atoms. The number of benzene rings is 1. The van der Waals surface area contributed by atoms with Crippen LogP contribution in [0.5, 0.6) is 0 Å². The Labute approximate surface area is 137 Å². The number of rotatable bonds is 2. The minimum absolute atomic E-state index is 0. The van der Waals surface area contributed by atoms with E-state index in [1.165, 1.54) is 0 Å². The predicted molar refractivity (Wildman–Crippen MR) is 88.0 cm³/mol. The zero-order valence-electron chi connectivity index (χ0n) is 12.2. The third-order valence-electron chi connectivity index (χ3n) is 4.40. The van der Waals surface area contributed by atoms with Crippen LogP contribution < -0.4 is 11.1 Å². The third kappa shape index (κ3) is 3.45. The Kier molecular flexibility index (Phi) is 5.14. The monoisotopic (exact) mass is 344 g/mol. The van der Waals surface area contributed by atoms with Gasteiger partial charge in [-0.15, -0.1) is 12.4 Å². The van der Waals surface area contributed by atoms with Crippen LogP contribution in [0, 0.1) is 5.92 Å². The van der Waals surface area contributed by atoms with Crippen LogP contribution in [-0.4, -0.2) is 26.1 Å². The highest BCUT2D eigenvalue weighted by atomic mass is 35.5. The van der Waals surface area contributed by atoms with E-state index in [4.69, 9.17) is 5.73 Å². The maximum Gasteiger partial charge on any atom is 0.227 e. The number of amides is 1. The Morgan fingerprint density at radius 2 is 2.05 bits per heavy atom. The molecule has 122 valence electrons. The lowest BCUT2D eigenvalue weighted by Crippen LogP contribution is -2.34. The summed E-state index contributed by atoms with van der Waals surface area (Å²) in [5, 5.41) is 2.84. The van der Waals surface area contributed by atoms with Crippen molar-refractivity contribution in [1.29, 1.82) is 0 Å². The van der Waals surface area contributed by atoms with Gasteiger partial charge >= 0.3 is 0 Å². The van der Waals surface area contributed by atoms with E-state index >= 15 is 0 Å². The second-order valence-electron chi connectivity index (χ2n) is 6.00. The zero-order chi connectivity index (χ0) is 15.0. The van der Waals surface area contributed by atoms with Crippen LogP contribution in [0.15, 0.2) is 23.1 Å². The Balaban J connectivity index is 0.00000176. The summed E-state index contributed by atoms with van der Waals surface area (Å²) < 4.78 is 23.8. The average molecular weight is 345 g/mol. The first-order chi connectivity index (χ1) is 9.95. The van der Waals surface area contributed by atoms with Gasteiger partial charge in [0.05, 0.1) is 10.6 Å². The highest BCUT2D eigenvalue weighted by Gasteiger charge is 2.28. The number of halogens is 1. The molecule has 1 aromatic carbocycles. The Morgan fingerprint density at radius 1 is 1.27 bits per heavy atom. The van der Waals surface area contributed by atoms with Crippen LogP contribution in [0.25, 0.3) is 0 Å². The van der Waals surface area contributed by atoms with E-state index in [1.54, 1.807) is 18.2 Å². The number of nitrogens with two attached hydrogens (primary N) is 1. The summed E-state index contributed by atoms with van der Waals surface area (Å²) in [4.78, 5) is 12.6. The first-order valence-electron chi connectivity index (χ1n) is 7.38. The Hall–Kier alpha value is -1.11. The third-order valence-corrected chi connectivity index (χ3v) is 6.19. The smallest absolute Gasteiger partial charge is 0.227 e. The summed E-state index contributed by atoms with van der Waals surface area (Å²) in [7, 11) is -3.17. The summed E-state index contributed by atoms with van der Waals surface area (Å²) in [6.45, 7) is 0. The van der Waals surface area contributed by atoms with E-state index < -0.39 is 9.84 Å². The highest BCUT2D eigenvalue weighted by molar-refractivity contribution is 7.91. The number of hydrogen-bond acceptors (Lipinski definition) is 4. The molecule has 2 aliphatic rings. The van der Waals surface area contributed by atoms with Crippen molar-refractivity contribution in [2.75, 3.05) is 11.1 Å². The molecule has 3 N–H and O–H groups in total. The van der Waals surface area contributed by atoms with Crippen LogP contribution in [0.1, 0.15) is 31.2 Å². The van der Waals surface area contributed by atoms with Crippen molar-refractivity contribution < 1.29 is 13.2 Å². The molecule has 3 rings (SSSR count). The second-order valence-corrected chi connectivity index (χ2v) is 8.08. The first-order valence-corrected chi connectivity index (χ1v) is 9.03. The fourth-order valence-electron chi connectivity index (χ4n) is 3.19. The molecule has 1 amide bonds. The van der Waals surface area contributed by atoms with E-state index in [-0.39, 0.29) is 36.0 Å². The lowest BCUT2D eigenvalue weighted by molar-refractivity contribution is -0.120. The fourth-order valence-corrected chi connectivity index (χ4v) is 4.78. The van der Waals surface area contributed by atoms with E-state index in [1.807, 2.05) is 0 Å². The number of sulfone groups is 1. The minimum atomic E-state index is -3.17. The molecule has 1 aliphatic carbocycles. The second kappa shape index (κ2) is 6.56. The van der Waals surface area contributed by atoms with Crippen LogP contribution in [0.4, 0.5) is 5.69 Å². The van der Waals surface area contributed by atoms with Gasteiger partial charge < -0.3 is 11.1 Å². The molecular formula is C15H21ClN2O3S. The summed E-state index contributed by atoms with van der Waals surface area (Å²) in [5.41, 5.74) is 7.31. The maximum absolute atomic E-state index is 12.3. The predicted octanol–water partition coefficient (Wildman–Crippen LogP) is 1.89. The SMILES string of the molecule is Cl.NC1CCCC(C(=O)Nc2ccc3c(c2)S(=O)(=O)CC3)C1. The van der Waals surface area contributed by atoms with Gasteiger partial charge in [-0.3, -0.25) is 4.79 Å². The Bertz CT molecular complexity index is 675. The minimum Gasteiger partial charge on any atom is -0.328 e. The number of anilines is 1. The van der Waals surface area contributed by atoms with E-state index in [0.717, 1.165) is 24.8 Å². The molecule has 0 radical (unpaired) electrons. The molecule has 0 saturated heterocycles. The van der Waals surface area contributed by atoms with Crippen LogP contribution in [0.2, 0.25) is 0 Å². The van der Waals surface area contributed by atoms with Crippen molar-refractivity contribution in [3.05, 3.63) is 23.8 Å². The van der Waals surface area contributed by atoms with E-state index in [9.17, 15) is 13.2 Å². The first kappa shape index (κ1) is 17.2. The van der Waals surface area contributed by atoms with Gasteiger partial charge in [-0.05, 0) is 43.4 Å². The molecule has 5 nitrogen and oxygen atoms in total. The fraction of sp³-hybridized carbons (Fsp3) is 0.533. The number of carbonyl (C=O) groups excluding carboxylic acids is 1. The summed E-state index contributed by atoms with van der Waals surface area (Å²) >= 11 is 0. The quantitative estimate of drug-likeness (QED) is 0.857. The van der Waals surface area contributed by atoms with Crippen molar-refractivity contribution in [3.63, 3.8) is 0 Å². The zero-order valence-corrected chi connectivity index (χ0v) is 13.9. The van der Waals surface area contributed by atoms with Gasteiger partial charge in [0.1, 0.15) is 0 Å². The largest absolute Gasteiger partial charge is 0.328 e. The highest BCUT2D eigenvalue weighted by Crippen LogP contribution is 2.29. The summed E-state index contributed by atoms with van der Waals surface area (Å²) in [6, 6.07) is 5.25. The average Bonchev–Trinajstić information content (AvgIpc) is 2.74. The molecule has 1 aromatic rings. The number of carbonyl (C=O) groups is 1. The topological polar surface area (TPSA) is 89.3 Å². The van der Waals surface area contributed by atoms with Gasteiger partial charge in [0, 0.05) is 17.6 Å². The number of fused-ring (bicyclic) bond motifs is 1. The van der Waals surface area contributed by atoms with Crippen LogP contribution >= 0.6 is 12.4 Å². The Morgan fingerprint density at radius 3 is 2.77 bits per heavy atom. The van der Waals surface area contributed by atoms with Gasteiger partial charge in [-0.25, -0.2) is 8.42 Å². The van der Waals surface area contributed by atoms with E-state index in [2.05, 4.69) is 5.32 Å². The van der Waals surface area contributed by atoms with Crippen molar-refractivity contribution in [2.24, 2.45) is 11.7 Å². The molecule has 1 heterocycles. The normalized spacial score (nSPS) is 25.9. The molecule has 2 unspecified atom stereocenters. The molecule has 2 atom stereocenters. The van der Waals surface area contributed by atoms with Gasteiger partial charge in [0.2, 0.25) is 5.91 Å². The molecule has 0 bridgehead atoms. The lowest BCUT2D eigenvalue weighted by atomic mass is 9.85. The summed E-state index contributed by atoms with van der Waals surface area (Å²) in [6.07, 6.45) is 4.06. The number of nitrogens with one attached hydrogen (secondary N) is 1. The van der Waals surface area contributed by atoms with E-state index in [0.29, 0.717) is 23.4 Å². The standard InChI is InChI=1S/C15H20N2O3S.ClH/c16-12-3-1-2-11(8-12)15(18)17-13-5-4-10-6-7-21(19,20)14(10)9-13;/h4-5,9,11-12H,1-3,6-8,16H2,(H,17,18);1H. The molecule has 0 spiro atoms. The molecule has 1 fully saturated rings. The van der Waals surface area contributed by atoms with Crippen molar-refractivity contribution >= 4 is 33.8 Å². The molecule has 0 aromatic heterocycles. The van der Waals surface area contributed by atoms with Gasteiger partial charge in [0.15, 0.2) is 9.84 Å². The van der Waals surface area contributed by atoms with Crippen LogP contribution in [-0.2, 0) is 21.1 Å². The molecule has 1 aliphatic heterocycles. The van der Waals surface area contributed by atoms with Crippen LogP contribution in [0.3, 0.4) is 0 Å². The maximum atomic E-state index is 12.3. The summed E-state index contributed by atoms with van der Waals surface area (Å²) in [5.74, 6) is 0.0381. The van der Waals surface area contributed by atoms with Gasteiger partial charge in [-0.2, -0.15) is 0 Å². The van der Waals surface area contributed by atoms with Gasteiger partial charge in [0.25, 0.3) is 0 Å². The van der Waals surface area contributed by atoms with Crippen molar-refractivity contribution in [2.45, 2.75) is 43.0 Å². The lowest BCUT2D eigenvalue weighted by Gasteiger charge is -2.25. The molecular weight excluding hydrogens is 324 g/mol. The van der Waals surface area contributed by atoms with Gasteiger partial charge in [-0.1, -0.05) is 12.5 Å². The van der Waals surface area contributed by atoms with Crippen molar-refractivity contribution in [1.82, 2.24) is 0 Å². The number of hydrogen-bond donors (Lipinski definition) is 2. The molecule has 1 saturated carbocycles. The van der Waals surface area contributed by atoms with Crippen molar-refractivity contribution in [3.8, 4) is 0 Å². The molecule has 7 heteroatoms. The number of aryl methyl sites for hydroxylation is 1.